The molecule has 1 fully saturated rings. The minimum Gasteiger partial charge on any atom is -0.343 e. The Balaban J connectivity index is 1.76. The van der Waals surface area contributed by atoms with E-state index in [1.54, 1.807) is 24.1 Å². The first-order valence-corrected chi connectivity index (χ1v) is 9.03. The molecule has 1 saturated heterocycles. The summed E-state index contributed by atoms with van der Waals surface area (Å²) in [6, 6.07) is 5.70. The number of rotatable bonds is 5. The second-order valence-electron chi connectivity index (χ2n) is 6.62. The van der Waals surface area contributed by atoms with Crippen molar-refractivity contribution in [3.63, 3.8) is 0 Å². The van der Waals surface area contributed by atoms with Gasteiger partial charge in [0.2, 0.25) is 5.91 Å². The largest absolute Gasteiger partial charge is 0.343 e. The highest BCUT2D eigenvalue weighted by Gasteiger charge is 2.19. The Morgan fingerprint density at radius 3 is 2.36 bits per heavy atom. The molecule has 0 saturated carbocycles. The molecular weight excluding hydrogens is 321 g/mol. The molecule has 2 rings (SSSR count). The van der Waals surface area contributed by atoms with E-state index in [2.05, 4.69) is 5.32 Å². The van der Waals surface area contributed by atoms with Crippen molar-refractivity contribution in [1.82, 2.24) is 15.1 Å². The third kappa shape index (κ3) is 5.73. The van der Waals surface area contributed by atoms with Gasteiger partial charge >= 0.3 is 6.03 Å². The van der Waals surface area contributed by atoms with Crippen LogP contribution in [0.15, 0.2) is 24.3 Å². The quantitative estimate of drug-likeness (QED) is 0.886. The van der Waals surface area contributed by atoms with E-state index in [9.17, 15) is 14.0 Å². The van der Waals surface area contributed by atoms with Crippen LogP contribution in [0.2, 0.25) is 0 Å². The van der Waals surface area contributed by atoms with Gasteiger partial charge in [-0.25, -0.2) is 9.18 Å². The fourth-order valence-corrected chi connectivity index (χ4v) is 3.02. The SMILES string of the molecule is C[C@H](c1ccc(F)cc1)N(C)C(=O)NCCC(=O)N1CCCCCC1. The summed E-state index contributed by atoms with van der Waals surface area (Å²) in [5, 5.41) is 2.80. The minimum atomic E-state index is -0.296. The van der Waals surface area contributed by atoms with Gasteiger partial charge in [-0.15, -0.1) is 0 Å². The van der Waals surface area contributed by atoms with Crippen molar-refractivity contribution in [1.29, 1.82) is 0 Å². The monoisotopic (exact) mass is 349 g/mol. The van der Waals surface area contributed by atoms with E-state index < -0.39 is 0 Å². The van der Waals surface area contributed by atoms with Crippen LogP contribution in [0.25, 0.3) is 0 Å². The third-order valence-corrected chi connectivity index (χ3v) is 4.83. The summed E-state index contributed by atoms with van der Waals surface area (Å²) in [5.74, 6) is -0.188. The van der Waals surface area contributed by atoms with Crippen LogP contribution in [0.3, 0.4) is 0 Å². The van der Waals surface area contributed by atoms with Crippen LogP contribution < -0.4 is 5.32 Å². The lowest BCUT2D eigenvalue weighted by Gasteiger charge is -2.26. The Hall–Kier alpha value is -2.11. The molecule has 1 aromatic carbocycles. The maximum absolute atomic E-state index is 13.0. The van der Waals surface area contributed by atoms with Gasteiger partial charge in [0.15, 0.2) is 0 Å². The number of urea groups is 1. The Kier molecular flexibility index (Phi) is 7.22. The van der Waals surface area contributed by atoms with Crippen LogP contribution in [-0.2, 0) is 4.79 Å². The lowest BCUT2D eigenvalue weighted by molar-refractivity contribution is -0.131. The standard InChI is InChI=1S/C19H28FN3O2/c1-15(16-7-9-17(20)10-8-16)22(2)19(25)21-12-11-18(24)23-13-5-3-4-6-14-23/h7-10,15H,3-6,11-14H2,1-2H3,(H,21,25)/t15-/m1/s1. The molecule has 0 spiro atoms. The van der Waals surface area contributed by atoms with Gasteiger partial charge in [-0.3, -0.25) is 4.79 Å². The summed E-state index contributed by atoms with van der Waals surface area (Å²) in [6.07, 6.45) is 4.83. The van der Waals surface area contributed by atoms with Gasteiger partial charge < -0.3 is 15.1 Å². The molecule has 1 aliphatic heterocycles. The molecule has 0 radical (unpaired) electrons. The number of nitrogens with one attached hydrogen (secondary N) is 1. The van der Waals surface area contributed by atoms with Crippen molar-refractivity contribution in [3.8, 4) is 0 Å². The normalized spacial score (nSPS) is 16.0. The maximum atomic E-state index is 13.0. The molecule has 1 atom stereocenters. The van der Waals surface area contributed by atoms with Crippen molar-refractivity contribution in [3.05, 3.63) is 35.6 Å². The van der Waals surface area contributed by atoms with Crippen molar-refractivity contribution < 1.29 is 14.0 Å². The molecule has 6 heteroatoms. The zero-order valence-electron chi connectivity index (χ0n) is 15.1. The second-order valence-corrected chi connectivity index (χ2v) is 6.62. The molecule has 0 aromatic heterocycles. The predicted molar refractivity (Wildman–Crippen MR) is 95.6 cm³/mol. The lowest BCUT2D eigenvalue weighted by atomic mass is 10.1. The molecule has 0 bridgehead atoms. The number of likely N-dealkylation sites (tertiary alicyclic amines) is 1. The van der Waals surface area contributed by atoms with Crippen LogP contribution in [-0.4, -0.2) is 48.4 Å². The molecule has 1 N–H and O–H groups in total. The van der Waals surface area contributed by atoms with E-state index in [-0.39, 0.29) is 23.8 Å². The molecule has 0 unspecified atom stereocenters. The smallest absolute Gasteiger partial charge is 0.317 e. The van der Waals surface area contributed by atoms with Gasteiger partial charge in [-0.05, 0) is 37.5 Å². The molecule has 1 heterocycles. The number of carbonyl (C=O) groups excluding carboxylic acids is 2. The number of hydrogen-bond donors (Lipinski definition) is 1. The third-order valence-electron chi connectivity index (χ3n) is 4.83. The van der Waals surface area contributed by atoms with Crippen LogP contribution >= 0.6 is 0 Å². The van der Waals surface area contributed by atoms with Gasteiger partial charge in [-0.1, -0.05) is 25.0 Å². The molecule has 5 nitrogen and oxygen atoms in total. The zero-order valence-corrected chi connectivity index (χ0v) is 15.1. The van der Waals surface area contributed by atoms with E-state index in [1.807, 2.05) is 11.8 Å². The van der Waals surface area contributed by atoms with Crippen LogP contribution in [0, 0.1) is 5.82 Å². The highest BCUT2D eigenvalue weighted by molar-refractivity contribution is 5.78. The lowest BCUT2D eigenvalue weighted by Crippen LogP contribution is -2.41. The predicted octanol–water partition coefficient (Wildman–Crippen LogP) is 3.32. The molecule has 0 aliphatic carbocycles. The molecular formula is C19H28FN3O2. The first kappa shape index (κ1) is 19.2. The Bertz CT molecular complexity index is 569. The van der Waals surface area contributed by atoms with Crippen molar-refractivity contribution >= 4 is 11.9 Å². The Labute approximate surface area is 149 Å². The van der Waals surface area contributed by atoms with Crippen molar-refractivity contribution in [2.45, 2.75) is 45.1 Å². The fraction of sp³-hybridized carbons (Fsp3) is 0.579. The highest BCUT2D eigenvalue weighted by atomic mass is 19.1. The molecule has 1 aliphatic rings. The summed E-state index contributed by atoms with van der Waals surface area (Å²) >= 11 is 0. The molecule has 1 aromatic rings. The minimum absolute atomic E-state index is 0.108. The van der Waals surface area contributed by atoms with Gasteiger partial charge in [0.25, 0.3) is 0 Å². The van der Waals surface area contributed by atoms with Crippen molar-refractivity contribution in [2.75, 3.05) is 26.7 Å². The summed E-state index contributed by atoms with van der Waals surface area (Å²) in [7, 11) is 1.69. The van der Waals surface area contributed by atoms with E-state index in [0.717, 1.165) is 31.5 Å². The fourth-order valence-electron chi connectivity index (χ4n) is 3.02. The van der Waals surface area contributed by atoms with E-state index in [0.29, 0.717) is 13.0 Å². The van der Waals surface area contributed by atoms with E-state index in [1.165, 1.54) is 25.0 Å². The van der Waals surface area contributed by atoms with E-state index in [4.69, 9.17) is 0 Å². The number of benzene rings is 1. The highest BCUT2D eigenvalue weighted by Crippen LogP contribution is 2.19. The van der Waals surface area contributed by atoms with Gasteiger partial charge in [0.05, 0.1) is 6.04 Å². The average molecular weight is 349 g/mol. The van der Waals surface area contributed by atoms with Crippen LogP contribution in [0.4, 0.5) is 9.18 Å². The van der Waals surface area contributed by atoms with Crippen LogP contribution in [0.1, 0.15) is 50.6 Å². The number of halogens is 1. The number of hydrogen-bond acceptors (Lipinski definition) is 2. The molecule has 3 amide bonds. The topological polar surface area (TPSA) is 52.7 Å². The number of carbonyl (C=O) groups is 2. The van der Waals surface area contributed by atoms with Gasteiger partial charge in [0.1, 0.15) is 5.82 Å². The number of amides is 3. The summed E-state index contributed by atoms with van der Waals surface area (Å²) < 4.78 is 13.0. The summed E-state index contributed by atoms with van der Waals surface area (Å²) in [5.41, 5.74) is 0.861. The maximum Gasteiger partial charge on any atom is 0.317 e. The average Bonchev–Trinajstić information content (AvgIpc) is 2.90. The first-order valence-electron chi connectivity index (χ1n) is 9.03. The second kappa shape index (κ2) is 9.39. The van der Waals surface area contributed by atoms with Gasteiger partial charge in [0, 0.05) is 33.1 Å². The zero-order chi connectivity index (χ0) is 18.2. The summed E-state index contributed by atoms with van der Waals surface area (Å²) in [6.45, 7) is 3.87. The van der Waals surface area contributed by atoms with Gasteiger partial charge in [-0.2, -0.15) is 0 Å². The first-order chi connectivity index (χ1) is 12.0. The number of nitrogens with zero attached hydrogens (tertiary/aromatic N) is 2. The molecule has 25 heavy (non-hydrogen) atoms. The summed E-state index contributed by atoms with van der Waals surface area (Å²) in [4.78, 5) is 27.9. The Morgan fingerprint density at radius 2 is 1.76 bits per heavy atom. The van der Waals surface area contributed by atoms with E-state index >= 15 is 0 Å². The van der Waals surface area contributed by atoms with Crippen LogP contribution in [0.5, 0.6) is 0 Å². The Morgan fingerprint density at radius 1 is 1.16 bits per heavy atom. The van der Waals surface area contributed by atoms with Crippen molar-refractivity contribution in [2.24, 2.45) is 0 Å². The molecule has 138 valence electrons.